The summed E-state index contributed by atoms with van der Waals surface area (Å²) < 4.78 is 0. The second-order valence-electron chi connectivity index (χ2n) is 4.93. The molecule has 0 aromatic heterocycles. The van der Waals surface area contributed by atoms with Crippen LogP contribution in [0.4, 0.5) is 0 Å². The van der Waals surface area contributed by atoms with Crippen LogP contribution in [0.5, 0.6) is 0 Å². The third kappa shape index (κ3) is 2.74. The Kier molecular flexibility index (Phi) is 4.22. The van der Waals surface area contributed by atoms with Gasteiger partial charge in [-0.15, -0.1) is 0 Å². The Morgan fingerprint density at radius 3 is 2.35 bits per heavy atom. The van der Waals surface area contributed by atoms with Crippen molar-refractivity contribution in [2.45, 2.75) is 18.8 Å². The maximum Gasteiger partial charge on any atom is 0.232 e. The molecule has 0 spiro atoms. The van der Waals surface area contributed by atoms with Gasteiger partial charge < -0.3 is 0 Å². The van der Waals surface area contributed by atoms with Gasteiger partial charge in [-0.2, -0.15) is 5.26 Å². The number of hydrogen-bond donors (Lipinski definition) is 0. The highest BCUT2D eigenvalue weighted by Gasteiger charge is 2.36. The zero-order chi connectivity index (χ0) is 14.6. The van der Waals surface area contributed by atoms with Gasteiger partial charge in [-0.25, -0.2) is 0 Å². The van der Waals surface area contributed by atoms with Crippen molar-refractivity contribution < 1.29 is 4.79 Å². The average Bonchev–Trinajstić information content (AvgIpc) is 2.48. The third-order valence-electron chi connectivity index (χ3n) is 3.48. The number of rotatable bonds is 4. The molecule has 0 aliphatic carbocycles. The largest absolute Gasteiger partial charge is 0.280 e. The molecule has 2 nitrogen and oxygen atoms in total. The molecular formula is C17H14ClNO. The molecule has 0 aliphatic heterocycles. The van der Waals surface area contributed by atoms with Crippen LogP contribution >= 0.6 is 11.6 Å². The normalized spacial score (nSPS) is 13.2. The highest BCUT2D eigenvalue weighted by atomic mass is 35.5. The maximum atomic E-state index is 12.0. The fourth-order valence-corrected chi connectivity index (χ4v) is 2.51. The van der Waals surface area contributed by atoms with Crippen LogP contribution in [0.3, 0.4) is 0 Å². The number of carbonyl (C=O) groups excluding carboxylic acids is 1. The van der Waals surface area contributed by atoms with E-state index in [1.165, 1.54) is 0 Å². The van der Waals surface area contributed by atoms with Gasteiger partial charge >= 0.3 is 0 Å². The van der Waals surface area contributed by atoms with E-state index in [1.807, 2.05) is 36.4 Å². The molecule has 0 radical (unpaired) electrons. The molecule has 0 N–H and O–H groups in total. The summed E-state index contributed by atoms with van der Waals surface area (Å²) >= 11 is 5.85. The van der Waals surface area contributed by atoms with E-state index < -0.39 is 10.7 Å². The topological polar surface area (TPSA) is 40.9 Å². The van der Waals surface area contributed by atoms with Crippen molar-refractivity contribution >= 4 is 16.8 Å². The molecule has 0 heterocycles. The number of carbonyl (C=O) groups is 1. The van der Waals surface area contributed by atoms with Crippen LogP contribution in [-0.4, -0.2) is 5.24 Å². The molecule has 2 rings (SSSR count). The predicted molar refractivity (Wildman–Crippen MR) is 79.5 cm³/mol. The van der Waals surface area contributed by atoms with Crippen LogP contribution in [-0.2, 0) is 16.6 Å². The minimum Gasteiger partial charge on any atom is -0.280 e. The van der Waals surface area contributed by atoms with Crippen molar-refractivity contribution in [1.29, 1.82) is 5.26 Å². The lowest BCUT2D eigenvalue weighted by Crippen LogP contribution is -2.32. The van der Waals surface area contributed by atoms with Crippen molar-refractivity contribution in [3.05, 3.63) is 71.3 Å². The highest BCUT2D eigenvalue weighted by Crippen LogP contribution is 2.33. The zero-order valence-corrected chi connectivity index (χ0v) is 11.9. The number of nitrogens with zero attached hydrogens (tertiary/aromatic N) is 1. The van der Waals surface area contributed by atoms with Crippen LogP contribution in [0.2, 0.25) is 0 Å². The van der Waals surface area contributed by atoms with E-state index in [9.17, 15) is 10.1 Å². The molecule has 0 bridgehead atoms. The first kappa shape index (κ1) is 14.3. The number of halogens is 1. The van der Waals surface area contributed by atoms with Gasteiger partial charge in [0.1, 0.15) is 0 Å². The molecule has 0 aliphatic rings. The molecular weight excluding hydrogens is 270 g/mol. The van der Waals surface area contributed by atoms with E-state index in [2.05, 4.69) is 6.07 Å². The molecule has 0 saturated carbocycles. The first-order chi connectivity index (χ1) is 9.58. The maximum absolute atomic E-state index is 12.0. The molecule has 0 amide bonds. The summed E-state index contributed by atoms with van der Waals surface area (Å²) in [7, 11) is 0. The quantitative estimate of drug-likeness (QED) is 0.800. The standard InChI is InChI=1S/C17H14ClNO/c1-17(16(18)20,11-13-7-3-2-4-8-13)15-10-6-5-9-14(15)12-19/h2-10H,11H2,1H3. The SMILES string of the molecule is CC(Cc1ccccc1)(C(=O)Cl)c1ccccc1C#N. The van der Waals surface area contributed by atoms with E-state index in [4.69, 9.17) is 11.6 Å². The van der Waals surface area contributed by atoms with Gasteiger partial charge in [0.2, 0.25) is 5.24 Å². The molecule has 1 atom stereocenters. The van der Waals surface area contributed by atoms with Crippen LogP contribution in [0.1, 0.15) is 23.6 Å². The van der Waals surface area contributed by atoms with Crippen molar-refractivity contribution in [3.8, 4) is 6.07 Å². The van der Waals surface area contributed by atoms with Crippen molar-refractivity contribution in [3.63, 3.8) is 0 Å². The smallest absolute Gasteiger partial charge is 0.232 e. The fourth-order valence-electron chi connectivity index (χ4n) is 2.34. The molecule has 100 valence electrons. The minimum absolute atomic E-state index is 0.455. The van der Waals surface area contributed by atoms with Gasteiger partial charge in [0.15, 0.2) is 0 Å². The Bertz CT molecular complexity index is 660. The molecule has 20 heavy (non-hydrogen) atoms. The lowest BCUT2D eigenvalue weighted by Gasteiger charge is -2.27. The summed E-state index contributed by atoms with van der Waals surface area (Å²) in [6.45, 7) is 1.78. The Labute approximate surface area is 123 Å². The van der Waals surface area contributed by atoms with Gasteiger partial charge in [-0.1, -0.05) is 48.5 Å². The molecule has 1 unspecified atom stereocenters. The van der Waals surface area contributed by atoms with Crippen molar-refractivity contribution in [1.82, 2.24) is 0 Å². The summed E-state index contributed by atoms with van der Waals surface area (Å²) in [5.41, 5.74) is 1.26. The number of nitriles is 1. The molecule has 3 heteroatoms. The number of benzene rings is 2. The monoisotopic (exact) mass is 283 g/mol. The Hall–Kier alpha value is -2.11. The van der Waals surface area contributed by atoms with Crippen LogP contribution in [0.25, 0.3) is 0 Å². The Morgan fingerprint density at radius 1 is 1.15 bits per heavy atom. The van der Waals surface area contributed by atoms with Gasteiger partial charge in [0.05, 0.1) is 17.0 Å². The summed E-state index contributed by atoms with van der Waals surface area (Å²) in [6.07, 6.45) is 0.467. The lowest BCUT2D eigenvalue weighted by atomic mass is 9.76. The molecule has 0 saturated heterocycles. The zero-order valence-electron chi connectivity index (χ0n) is 11.1. The van der Waals surface area contributed by atoms with Gasteiger partial charge in [0.25, 0.3) is 0 Å². The highest BCUT2D eigenvalue weighted by molar-refractivity contribution is 6.65. The second-order valence-corrected chi connectivity index (χ2v) is 5.27. The second kappa shape index (κ2) is 5.90. The summed E-state index contributed by atoms with van der Waals surface area (Å²) in [4.78, 5) is 12.0. The Morgan fingerprint density at radius 2 is 1.75 bits per heavy atom. The third-order valence-corrected chi connectivity index (χ3v) is 3.89. The first-order valence-corrected chi connectivity index (χ1v) is 6.69. The van der Waals surface area contributed by atoms with E-state index in [0.29, 0.717) is 17.5 Å². The van der Waals surface area contributed by atoms with Crippen LogP contribution in [0.15, 0.2) is 54.6 Å². The molecule has 2 aromatic carbocycles. The summed E-state index contributed by atoms with van der Waals surface area (Å²) in [5, 5.41) is 8.77. The summed E-state index contributed by atoms with van der Waals surface area (Å²) in [6, 6.07) is 18.9. The molecule has 2 aromatic rings. The average molecular weight is 284 g/mol. The Balaban J connectivity index is 2.50. The molecule has 0 fully saturated rings. The minimum atomic E-state index is -0.908. The lowest BCUT2D eigenvalue weighted by molar-refractivity contribution is -0.116. The van der Waals surface area contributed by atoms with E-state index in [0.717, 1.165) is 5.56 Å². The fraction of sp³-hybridized carbons (Fsp3) is 0.176. The summed E-state index contributed by atoms with van der Waals surface area (Å²) in [5.74, 6) is 0. The number of hydrogen-bond acceptors (Lipinski definition) is 2. The van der Waals surface area contributed by atoms with E-state index >= 15 is 0 Å². The predicted octanol–water partition coefficient (Wildman–Crippen LogP) is 3.82. The van der Waals surface area contributed by atoms with Gasteiger partial charge in [0, 0.05) is 0 Å². The van der Waals surface area contributed by atoms with Crippen LogP contribution in [0, 0.1) is 11.3 Å². The van der Waals surface area contributed by atoms with Crippen LogP contribution < -0.4 is 0 Å². The van der Waals surface area contributed by atoms with E-state index in [-0.39, 0.29) is 0 Å². The van der Waals surface area contributed by atoms with Gasteiger partial charge in [-0.3, -0.25) is 4.79 Å². The first-order valence-electron chi connectivity index (χ1n) is 6.31. The van der Waals surface area contributed by atoms with E-state index in [1.54, 1.807) is 25.1 Å². The van der Waals surface area contributed by atoms with Crippen molar-refractivity contribution in [2.75, 3.05) is 0 Å². The van der Waals surface area contributed by atoms with Gasteiger partial charge in [-0.05, 0) is 42.1 Å². The van der Waals surface area contributed by atoms with Crippen molar-refractivity contribution in [2.24, 2.45) is 0 Å².